The molecule has 0 radical (unpaired) electrons. The molecule has 0 bridgehead atoms. The molecule has 0 aliphatic heterocycles. The number of amides is 3. The van der Waals surface area contributed by atoms with Crippen molar-refractivity contribution in [2.45, 2.75) is 183 Å². The summed E-state index contributed by atoms with van der Waals surface area (Å²) in [7, 11) is 0. The van der Waals surface area contributed by atoms with E-state index in [1.54, 1.807) is 0 Å². The second kappa shape index (κ2) is 24.7. The Morgan fingerprint density at radius 1 is 0.342 bits per heavy atom. The summed E-state index contributed by atoms with van der Waals surface area (Å²) in [5, 5.41) is 9.32. The maximum absolute atomic E-state index is 14.2. The SMILES string of the molecule is CC(C)(C)c1cc(C(c2cc(C(C)(C)C)cc(C(C)(C)C)c2OCC(=O)NCc2ccccc2)c2cc(C(C)(C)C)cc(C(C)(C)C)c2OCC(=O)NCc2ccccc2)c(OCC(=O)NCc2ccccc2)c(C(C)(C)C)c1. The van der Waals surface area contributed by atoms with Crippen molar-refractivity contribution in [2.24, 2.45) is 0 Å². The average Bonchev–Trinajstić information content (AvgIpc) is 3.52. The normalized spacial score (nSPS) is 12.5. The predicted molar refractivity (Wildman–Crippen MR) is 324 cm³/mol. The quantitative estimate of drug-likeness (QED) is 0.0739. The van der Waals surface area contributed by atoms with Gasteiger partial charge in [-0.15, -0.1) is 0 Å². The topological polar surface area (TPSA) is 115 Å². The molecule has 0 aromatic heterocycles. The van der Waals surface area contributed by atoms with E-state index in [1.165, 1.54) is 0 Å². The van der Waals surface area contributed by atoms with Crippen molar-refractivity contribution < 1.29 is 28.6 Å². The molecule has 0 spiro atoms. The van der Waals surface area contributed by atoms with Gasteiger partial charge in [-0.05, 0) is 65.9 Å². The van der Waals surface area contributed by atoms with Gasteiger partial charge in [-0.25, -0.2) is 0 Å². The fourth-order valence-corrected chi connectivity index (χ4v) is 9.51. The Balaban J connectivity index is 1.75. The molecule has 6 rings (SSSR count). The number of carbonyl (C=O) groups excluding carboxylic acids is 3. The Hall–Kier alpha value is -6.87. The Morgan fingerprint density at radius 2 is 0.570 bits per heavy atom. The van der Waals surface area contributed by atoms with E-state index in [-0.39, 0.29) is 53.8 Å². The van der Waals surface area contributed by atoms with Crippen molar-refractivity contribution >= 4 is 17.7 Å². The zero-order valence-corrected chi connectivity index (χ0v) is 50.9. The van der Waals surface area contributed by atoms with Crippen LogP contribution in [0.1, 0.15) is 197 Å². The summed E-state index contributed by atoms with van der Waals surface area (Å²) in [4.78, 5) is 42.5. The van der Waals surface area contributed by atoms with Gasteiger partial charge in [0.2, 0.25) is 0 Å². The molecule has 3 amide bonds. The lowest BCUT2D eigenvalue weighted by molar-refractivity contribution is -0.124. The predicted octanol–water partition coefficient (Wildman–Crippen LogP) is 14.7. The summed E-state index contributed by atoms with van der Waals surface area (Å²) in [6.45, 7) is 39.8. The summed E-state index contributed by atoms with van der Waals surface area (Å²) in [6.07, 6.45) is 0. The third kappa shape index (κ3) is 16.6. The molecule has 0 saturated heterocycles. The van der Waals surface area contributed by atoms with E-state index in [2.05, 4.69) is 177 Å². The molecule has 0 unspecified atom stereocenters. The van der Waals surface area contributed by atoms with Crippen LogP contribution in [0.5, 0.6) is 17.2 Å². The molecule has 0 saturated carbocycles. The van der Waals surface area contributed by atoms with Gasteiger partial charge in [-0.3, -0.25) is 14.4 Å². The number of hydrogen-bond donors (Lipinski definition) is 3. The van der Waals surface area contributed by atoms with Gasteiger partial charge in [0, 0.05) is 58.9 Å². The monoisotopic (exact) mass is 1070 g/mol. The van der Waals surface area contributed by atoms with Crippen LogP contribution in [0.3, 0.4) is 0 Å². The minimum atomic E-state index is -0.748. The van der Waals surface area contributed by atoms with Crippen LogP contribution in [0.2, 0.25) is 0 Å². The summed E-state index contributed by atoms with van der Waals surface area (Å²) in [5.74, 6) is 0.147. The van der Waals surface area contributed by atoms with Gasteiger partial charge in [0.15, 0.2) is 19.8 Å². The Morgan fingerprint density at radius 3 is 0.772 bits per heavy atom. The number of ether oxygens (including phenoxy) is 3. The number of rotatable bonds is 18. The lowest BCUT2D eigenvalue weighted by Gasteiger charge is -2.36. The standard InChI is InChI=1S/C70H91N3O6/c1-65(2,3)49-34-52(62(55(37-49)68(10,11)12)77-43-58(74)71-40-46-28-22-19-23-29-46)61(53-35-50(66(4,5)6)38-56(69(13,14)15)63(53)78-44-59(75)72-41-47-30-24-20-25-31-47)54-36-51(67(7,8)9)39-57(70(16,17)18)64(54)79-45-60(76)73-42-48-32-26-21-27-33-48/h19-39,61H,40-45H2,1-18H3,(H,71,74)(H,72,75)(H,73,76). The molecule has 9 nitrogen and oxygen atoms in total. The van der Waals surface area contributed by atoms with Gasteiger partial charge in [-0.2, -0.15) is 0 Å². The van der Waals surface area contributed by atoms with Gasteiger partial charge in [0.1, 0.15) is 17.2 Å². The lowest BCUT2D eigenvalue weighted by Crippen LogP contribution is -2.31. The van der Waals surface area contributed by atoms with Crippen molar-refractivity contribution in [3.05, 3.63) is 194 Å². The first-order valence-electron chi connectivity index (χ1n) is 28.1. The molecule has 422 valence electrons. The molecule has 0 atom stereocenters. The zero-order valence-electron chi connectivity index (χ0n) is 50.9. The number of benzene rings is 6. The molecule has 0 fully saturated rings. The Bertz CT molecular complexity index is 2720. The highest BCUT2D eigenvalue weighted by atomic mass is 16.5. The first-order valence-corrected chi connectivity index (χ1v) is 28.1. The van der Waals surface area contributed by atoms with Crippen LogP contribution in [0.25, 0.3) is 0 Å². The highest BCUT2D eigenvalue weighted by molar-refractivity contribution is 5.79. The van der Waals surface area contributed by atoms with Gasteiger partial charge >= 0.3 is 0 Å². The van der Waals surface area contributed by atoms with Crippen molar-refractivity contribution in [1.29, 1.82) is 0 Å². The van der Waals surface area contributed by atoms with Crippen molar-refractivity contribution in [2.75, 3.05) is 19.8 Å². The van der Waals surface area contributed by atoms with Gasteiger partial charge < -0.3 is 30.2 Å². The van der Waals surface area contributed by atoms with E-state index < -0.39 is 22.2 Å². The fourth-order valence-electron chi connectivity index (χ4n) is 9.51. The molecule has 79 heavy (non-hydrogen) atoms. The maximum Gasteiger partial charge on any atom is 0.258 e. The zero-order chi connectivity index (χ0) is 58.3. The van der Waals surface area contributed by atoms with E-state index in [4.69, 9.17) is 14.2 Å². The molecule has 3 N–H and O–H groups in total. The third-order valence-electron chi connectivity index (χ3n) is 14.3. The van der Waals surface area contributed by atoms with Gasteiger partial charge in [0.25, 0.3) is 17.7 Å². The van der Waals surface area contributed by atoms with Crippen molar-refractivity contribution in [1.82, 2.24) is 16.0 Å². The fraction of sp³-hybridized carbons (Fsp3) is 0.443. The smallest absolute Gasteiger partial charge is 0.258 e. The first kappa shape index (κ1) is 61.3. The molecule has 6 aromatic rings. The first-order chi connectivity index (χ1) is 36.7. The number of nitrogens with one attached hydrogen (secondary N) is 3. The summed E-state index contributed by atoms with van der Waals surface area (Å²) < 4.78 is 21.4. The van der Waals surface area contributed by atoms with Crippen molar-refractivity contribution in [3.8, 4) is 17.2 Å². The summed E-state index contributed by atoms with van der Waals surface area (Å²) in [5.41, 5.74) is 8.74. The van der Waals surface area contributed by atoms with Crippen LogP contribution in [0.15, 0.2) is 127 Å². The second-order valence-corrected chi connectivity index (χ2v) is 27.4. The van der Waals surface area contributed by atoms with Crippen LogP contribution in [0, 0.1) is 0 Å². The Kier molecular flexibility index (Phi) is 19.1. The largest absolute Gasteiger partial charge is 0.483 e. The molecule has 0 heterocycles. The van der Waals surface area contributed by atoms with E-state index in [9.17, 15) is 14.4 Å². The van der Waals surface area contributed by atoms with E-state index in [0.717, 1.165) is 66.8 Å². The molecule has 6 aromatic carbocycles. The number of carbonyl (C=O) groups is 3. The molecular formula is C70H91N3O6. The molecule has 0 aliphatic rings. The maximum atomic E-state index is 14.2. The van der Waals surface area contributed by atoms with E-state index in [0.29, 0.717) is 36.9 Å². The highest BCUT2D eigenvalue weighted by Crippen LogP contribution is 2.53. The van der Waals surface area contributed by atoms with Crippen LogP contribution in [-0.4, -0.2) is 37.5 Å². The second-order valence-electron chi connectivity index (χ2n) is 27.4. The molecule has 0 aliphatic carbocycles. The van der Waals surface area contributed by atoms with Crippen LogP contribution in [-0.2, 0) is 66.5 Å². The summed E-state index contributed by atoms with van der Waals surface area (Å²) >= 11 is 0. The highest BCUT2D eigenvalue weighted by Gasteiger charge is 2.39. The number of hydrogen-bond acceptors (Lipinski definition) is 6. The molecule has 9 heteroatoms. The minimum Gasteiger partial charge on any atom is -0.483 e. The van der Waals surface area contributed by atoms with E-state index in [1.807, 2.05) is 91.0 Å². The Labute approximate surface area is 474 Å². The van der Waals surface area contributed by atoms with Crippen LogP contribution in [0.4, 0.5) is 0 Å². The van der Waals surface area contributed by atoms with Gasteiger partial charge in [-0.1, -0.05) is 252 Å². The van der Waals surface area contributed by atoms with Crippen LogP contribution < -0.4 is 30.2 Å². The summed E-state index contributed by atoms with van der Waals surface area (Å²) in [6, 6.07) is 43.0. The van der Waals surface area contributed by atoms with Crippen LogP contribution >= 0.6 is 0 Å². The minimum absolute atomic E-state index is 0.259. The van der Waals surface area contributed by atoms with Gasteiger partial charge in [0.05, 0.1) is 0 Å². The molecular weight excluding hydrogens is 979 g/mol. The third-order valence-corrected chi connectivity index (χ3v) is 14.3. The van der Waals surface area contributed by atoms with Crippen molar-refractivity contribution in [3.63, 3.8) is 0 Å². The lowest BCUT2D eigenvalue weighted by atomic mass is 9.70. The van der Waals surface area contributed by atoms with E-state index >= 15 is 0 Å². The average molecular weight is 1070 g/mol.